The zero-order chi connectivity index (χ0) is 12.6. The van der Waals surface area contributed by atoms with Crippen LogP contribution in [0.2, 0.25) is 0 Å². The fraction of sp³-hybridized carbons (Fsp3) is 0.583. The number of halogens is 2. The molecule has 1 saturated carbocycles. The average molecular weight is 381 g/mol. The van der Waals surface area contributed by atoms with Crippen molar-refractivity contribution in [1.29, 1.82) is 0 Å². The van der Waals surface area contributed by atoms with E-state index < -0.39 is 0 Å². The standard InChI is InChI=1S/C12H15Br2NOS/c1-7(2)6-15(8-3-4-8)12(16)10-5-9(13)11(14)17-10/h5,7-8H,3-4,6H2,1-2H3. The maximum atomic E-state index is 12.4. The lowest BCUT2D eigenvalue weighted by atomic mass is 10.2. The molecule has 0 spiro atoms. The molecule has 1 fully saturated rings. The molecule has 0 bridgehead atoms. The number of carbonyl (C=O) groups is 1. The number of rotatable bonds is 4. The molecule has 1 aliphatic carbocycles. The zero-order valence-corrected chi connectivity index (χ0v) is 13.9. The van der Waals surface area contributed by atoms with Crippen molar-refractivity contribution >= 4 is 49.1 Å². The van der Waals surface area contributed by atoms with E-state index in [1.807, 2.05) is 11.0 Å². The number of amides is 1. The van der Waals surface area contributed by atoms with Crippen LogP contribution < -0.4 is 0 Å². The van der Waals surface area contributed by atoms with Gasteiger partial charge in [-0.25, -0.2) is 0 Å². The number of nitrogens with zero attached hydrogens (tertiary/aromatic N) is 1. The molecule has 0 N–H and O–H groups in total. The van der Waals surface area contributed by atoms with E-state index in [4.69, 9.17) is 0 Å². The molecule has 1 heterocycles. The van der Waals surface area contributed by atoms with E-state index >= 15 is 0 Å². The Balaban J connectivity index is 2.15. The average Bonchev–Trinajstić information content (AvgIpc) is 3.02. The van der Waals surface area contributed by atoms with Crippen LogP contribution in [-0.2, 0) is 0 Å². The summed E-state index contributed by atoms with van der Waals surface area (Å²) in [5.74, 6) is 0.698. The first kappa shape index (κ1) is 13.6. The van der Waals surface area contributed by atoms with Crippen molar-refractivity contribution in [3.8, 4) is 0 Å². The number of hydrogen-bond donors (Lipinski definition) is 0. The minimum absolute atomic E-state index is 0.178. The third kappa shape index (κ3) is 3.32. The van der Waals surface area contributed by atoms with Crippen LogP contribution in [0, 0.1) is 5.92 Å². The Labute approximate surface area is 123 Å². The van der Waals surface area contributed by atoms with E-state index in [-0.39, 0.29) is 5.91 Å². The van der Waals surface area contributed by atoms with E-state index in [2.05, 4.69) is 45.7 Å². The molecule has 5 heteroatoms. The number of hydrogen-bond acceptors (Lipinski definition) is 2. The van der Waals surface area contributed by atoms with Crippen LogP contribution in [0.5, 0.6) is 0 Å². The molecule has 1 aromatic rings. The van der Waals surface area contributed by atoms with Gasteiger partial charge in [0.1, 0.15) is 0 Å². The van der Waals surface area contributed by atoms with Gasteiger partial charge in [-0.3, -0.25) is 4.79 Å². The molecule has 0 saturated heterocycles. The topological polar surface area (TPSA) is 20.3 Å². The molecule has 94 valence electrons. The van der Waals surface area contributed by atoms with E-state index in [0.717, 1.165) is 32.5 Å². The van der Waals surface area contributed by atoms with Crippen LogP contribution in [0.4, 0.5) is 0 Å². The van der Waals surface area contributed by atoms with Crippen molar-refractivity contribution in [2.75, 3.05) is 6.54 Å². The Bertz CT molecular complexity index is 407. The van der Waals surface area contributed by atoms with Crippen LogP contribution in [0.1, 0.15) is 36.4 Å². The second-order valence-corrected chi connectivity index (χ2v) is 8.04. The molecular weight excluding hydrogens is 366 g/mol. The molecule has 2 nitrogen and oxygen atoms in total. The Morgan fingerprint density at radius 3 is 2.59 bits per heavy atom. The van der Waals surface area contributed by atoms with Gasteiger partial charge >= 0.3 is 0 Å². The molecule has 1 aromatic heterocycles. The van der Waals surface area contributed by atoms with Gasteiger partial charge in [0.05, 0.1) is 8.66 Å². The highest BCUT2D eigenvalue weighted by molar-refractivity contribution is 9.13. The Morgan fingerprint density at radius 1 is 1.53 bits per heavy atom. The van der Waals surface area contributed by atoms with E-state index in [0.29, 0.717) is 12.0 Å². The highest BCUT2D eigenvalue weighted by Crippen LogP contribution is 2.35. The van der Waals surface area contributed by atoms with Crippen LogP contribution in [0.25, 0.3) is 0 Å². The minimum atomic E-state index is 0.178. The Hall–Kier alpha value is 0.130. The second kappa shape index (κ2) is 5.41. The Kier molecular flexibility index (Phi) is 4.31. The molecule has 0 atom stereocenters. The zero-order valence-electron chi connectivity index (χ0n) is 9.87. The summed E-state index contributed by atoms with van der Waals surface area (Å²) in [5.41, 5.74) is 0. The largest absolute Gasteiger partial charge is 0.335 e. The number of carbonyl (C=O) groups excluding carboxylic acids is 1. The van der Waals surface area contributed by atoms with Gasteiger partial charge < -0.3 is 4.90 Å². The summed E-state index contributed by atoms with van der Waals surface area (Å²) in [4.78, 5) is 15.3. The van der Waals surface area contributed by atoms with Crippen LogP contribution in [-0.4, -0.2) is 23.4 Å². The molecule has 17 heavy (non-hydrogen) atoms. The second-order valence-electron chi connectivity index (χ2n) is 4.81. The lowest BCUT2D eigenvalue weighted by Crippen LogP contribution is -2.35. The highest BCUT2D eigenvalue weighted by Gasteiger charge is 2.34. The van der Waals surface area contributed by atoms with E-state index in [1.54, 1.807) is 0 Å². The maximum Gasteiger partial charge on any atom is 0.264 e. The summed E-state index contributed by atoms with van der Waals surface area (Å²) in [7, 11) is 0. The minimum Gasteiger partial charge on any atom is -0.335 e. The monoisotopic (exact) mass is 379 g/mol. The van der Waals surface area contributed by atoms with E-state index in [1.165, 1.54) is 11.3 Å². The summed E-state index contributed by atoms with van der Waals surface area (Å²) in [6.07, 6.45) is 2.32. The van der Waals surface area contributed by atoms with Crippen molar-refractivity contribution < 1.29 is 4.79 Å². The van der Waals surface area contributed by atoms with Crippen molar-refractivity contribution in [3.63, 3.8) is 0 Å². The summed E-state index contributed by atoms with van der Waals surface area (Å²) >= 11 is 8.37. The van der Waals surface area contributed by atoms with E-state index in [9.17, 15) is 4.79 Å². The molecule has 0 radical (unpaired) electrons. The van der Waals surface area contributed by atoms with Crippen LogP contribution >= 0.6 is 43.2 Å². The van der Waals surface area contributed by atoms with Crippen molar-refractivity contribution in [2.24, 2.45) is 5.92 Å². The summed E-state index contributed by atoms with van der Waals surface area (Å²) in [6, 6.07) is 2.39. The van der Waals surface area contributed by atoms with Gasteiger partial charge in [-0.05, 0) is 56.7 Å². The molecule has 2 rings (SSSR count). The smallest absolute Gasteiger partial charge is 0.264 e. The lowest BCUT2D eigenvalue weighted by Gasteiger charge is -2.23. The van der Waals surface area contributed by atoms with Gasteiger partial charge in [0.25, 0.3) is 5.91 Å². The predicted molar refractivity (Wildman–Crippen MR) is 78.6 cm³/mol. The van der Waals surface area contributed by atoms with Crippen LogP contribution in [0.3, 0.4) is 0 Å². The first-order chi connectivity index (χ1) is 7.99. The normalized spacial score (nSPS) is 15.4. The molecule has 0 aromatic carbocycles. The van der Waals surface area contributed by atoms with Crippen molar-refractivity contribution in [2.45, 2.75) is 32.7 Å². The van der Waals surface area contributed by atoms with Crippen LogP contribution in [0.15, 0.2) is 14.3 Å². The summed E-state index contributed by atoms with van der Waals surface area (Å²) in [5, 5.41) is 0. The molecule has 0 aliphatic heterocycles. The highest BCUT2D eigenvalue weighted by atomic mass is 79.9. The fourth-order valence-corrected chi connectivity index (χ4v) is 3.76. The first-order valence-electron chi connectivity index (χ1n) is 5.75. The van der Waals surface area contributed by atoms with Gasteiger partial charge in [0.2, 0.25) is 0 Å². The SMILES string of the molecule is CC(C)CN(C(=O)c1cc(Br)c(Br)s1)C1CC1. The number of thiophene rings is 1. The Morgan fingerprint density at radius 2 is 2.18 bits per heavy atom. The molecule has 0 unspecified atom stereocenters. The van der Waals surface area contributed by atoms with Gasteiger partial charge in [0.15, 0.2) is 0 Å². The molecule has 1 aliphatic rings. The van der Waals surface area contributed by atoms with Gasteiger partial charge in [-0.15, -0.1) is 11.3 Å². The van der Waals surface area contributed by atoms with Gasteiger partial charge in [-0.2, -0.15) is 0 Å². The molecular formula is C12H15Br2NOS. The maximum absolute atomic E-state index is 12.4. The van der Waals surface area contributed by atoms with Crippen molar-refractivity contribution in [1.82, 2.24) is 4.90 Å². The fourth-order valence-electron chi connectivity index (χ4n) is 1.77. The van der Waals surface area contributed by atoms with Gasteiger partial charge in [-0.1, -0.05) is 13.8 Å². The third-order valence-corrected chi connectivity index (χ3v) is 5.91. The van der Waals surface area contributed by atoms with Crippen molar-refractivity contribution in [3.05, 3.63) is 19.2 Å². The molecule has 1 amide bonds. The third-order valence-electron chi connectivity index (χ3n) is 2.67. The summed E-state index contributed by atoms with van der Waals surface area (Å²) in [6.45, 7) is 5.17. The predicted octanol–water partition coefficient (Wildman–Crippen LogP) is 4.53. The lowest BCUT2D eigenvalue weighted by molar-refractivity contribution is 0.0727. The van der Waals surface area contributed by atoms with Gasteiger partial charge in [0, 0.05) is 17.1 Å². The first-order valence-corrected chi connectivity index (χ1v) is 8.15. The quantitative estimate of drug-likeness (QED) is 0.751. The summed E-state index contributed by atoms with van der Waals surface area (Å²) < 4.78 is 1.95.